The second kappa shape index (κ2) is 15.0. The molecule has 1 unspecified atom stereocenters. The van der Waals surface area contributed by atoms with Gasteiger partial charge in [-0.2, -0.15) is 0 Å². The van der Waals surface area contributed by atoms with Crippen LogP contribution >= 0.6 is 0 Å². The third kappa shape index (κ3) is 6.60. The largest absolute Gasteiger partial charge is 0.497 e. The van der Waals surface area contributed by atoms with Gasteiger partial charge in [0, 0.05) is 55.0 Å². The molecule has 0 radical (unpaired) electrons. The van der Waals surface area contributed by atoms with Gasteiger partial charge in [0.15, 0.2) is 5.60 Å². The molecule has 2 fully saturated rings. The SMILES string of the molecule is COc1ccc([Si](C)(C)[C@H]2[C@H](CCn3cc(C(CO)c4ccccc4)nn3)O[C@@]3(C(=O)N(Cc4ccc(N5CCC5=O)cc4)c4ccc([N+](=O)[O-])cc43)[C@@H]2C)cc1. The van der Waals surface area contributed by atoms with E-state index in [1.165, 1.54) is 17.3 Å². The van der Waals surface area contributed by atoms with Crippen molar-refractivity contribution < 1.29 is 29.1 Å². The molecule has 1 spiro atoms. The van der Waals surface area contributed by atoms with Gasteiger partial charge in [0.05, 0.1) is 56.7 Å². The number of aryl methyl sites for hydroxylation is 1. The van der Waals surface area contributed by atoms with Crippen molar-refractivity contribution in [1.82, 2.24) is 15.0 Å². The highest BCUT2D eigenvalue weighted by Crippen LogP contribution is 2.60. The lowest BCUT2D eigenvalue weighted by atomic mass is 9.82. The second-order valence-corrected chi connectivity index (χ2v) is 20.5. The number of aliphatic hydroxyl groups is 1. The standard InChI is InChI=1S/C43H46N6O7Si/c1-28-41(57(3,4)34-17-15-33(55-2)16-18-34)39(20-22-46-26-37(44-45-46)35(27-50)30-8-6-5-7-9-30)56-43(28)36-24-32(49(53)54)14-19-38(36)48(42(43)52)25-29-10-12-31(13-11-29)47-23-21-40(47)51/h5-19,24,26,28,35,39,41,50H,20-23,25,27H2,1-4H3/t28-,35?,39+,41-,43+/m1/s1. The van der Waals surface area contributed by atoms with E-state index in [0.29, 0.717) is 42.9 Å². The van der Waals surface area contributed by atoms with Crippen molar-refractivity contribution in [3.8, 4) is 5.75 Å². The molecule has 57 heavy (non-hydrogen) atoms. The number of benzene rings is 4. The van der Waals surface area contributed by atoms with Crippen LogP contribution in [-0.4, -0.2) is 71.3 Å². The lowest BCUT2D eigenvalue weighted by Crippen LogP contribution is -2.51. The number of aliphatic hydroxyl groups excluding tert-OH is 1. The molecule has 3 aliphatic heterocycles. The van der Waals surface area contributed by atoms with E-state index in [4.69, 9.17) is 9.47 Å². The summed E-state index contributed by atoms with van der Waals surface area (Å²) >= 11 is 0. The monoisotopic (exact) mass is 786 g/mol. The van der Waals surface area contributed by atoms with Crippen molar-refractivity contribution in [3.05, 3.63) is 136 Å². The van der Waals surface area contributed by atoms with E-state index in [9.17, 15) is 20.0 Å². The van der Waals surface area contributed by atoms with E-state index < -0.39 is 24.7 Å². The molecule has 1 aromatic heterocycles. The maximum absolute atomic E-state index is 15.2. The summed E-state index contributed by atoms with van der Waals surface area (Å²) < 4.78 is 14.5. The molecule has 294 valence electrons. The van der Waals surface area contributed by atoms with Crippen LogP contribution in [0.4, 0.5) is 17.1 Å². The molecule has 4 aromatic carbocycles. The molecule has 5 aromatic rings. The molecular formula is C43H46N6O7Si. The number of fused-ring (bicyclic) bond motifs is 2. The summed E-state index contributed by atoms with van der Waals surface area (Å²) in [6.45, 7) is 7.86. The van der Waals surface area contributed by atoms with Gasteiger partial charge < -0.3 is 24.4 Å². The first-order chi connectivity index (χ1) is 27.5. The second-order valence-electron chi connectivity index (χ2n) is 15.8. The number of nitro benzene ring substituents is 1. The van der Waals surface area contributed by atoms with Crippen molar-refractivity contribution >= 4 is 42.1 Å². The first-order valence-electron chi connectivity index (χ1n) is 19.3. The number of rotatable bonds is 13. The number of β-lactam (4-membered cyclic amide) rings is 1. The molecule has 3 aliphatic rings. The summed E-state index contributed by atoms with van der Waals surface area (Å²) in [6.07, 6.45) is 2.46. The van der Waals surface area contributed by atoms with Gasteiger partial charge >= 0.3 is 0 Å². The van der Waals surface area contributed by atoms with Gasteiger partial charge in [-0.25, -0.2) is 0 Å². The van der Waals surface area contributed by atoms with E-state index in [-0.39, 0.29) is 48.0 Å². The summed E-state index contributed by atoms with van der Waals surface area (Å²) in [5.74, 6) is -0.121. The highest BCUT2D eigenvalue weighted by atomic mass is 28.3. The molecule has 2 saturated heterocycles. The average Bonchev–Trinajstić information content (AvgIpc) is 3.87. The number of aromatic nitrogens is 3. The molecule has 4 heterocycles. The maximum atomic E-state index is 15.2. The number of carbonyl (C=O) groups is 2. The van der Waals surface area contributed by atoms with Crippen molar-refractivity contribution in [2.24, 2.45) is 5.92 Å². The fourth-order valence-electron chi connectivity index (χ4n) is 9.29. The lowest BCUT2D eigenvalue weighted by molar-refractivity contribution is -0.385. The van der Waals surface area contributed by atoms with Crippen LogP contribution in [0, 0.1) is 16.0 Å². The molecule has 0 bridgehead atoms. The molecule has 8 rings (SSSR count). The Kier molecular flexibility index (Phi) is 10.0. The number of nitrogens with zero attached hydrogens (tertiary/aromatic N) is 6. The van der Waals surface area contributed by atoms with Crippen LogP contribution in [0.15, 0.2) is 103 Å². The highest BCUT2D eigenvalue weighted by molar-refractivity contribution is 6.91. The lowest BCUT2D eigenvalue weighted by Gasteiger charge is -2.37. The zero-order valence-corrected chi connectivity index (χ0v) is 33.4. The number of ether oxygens (including phenoxy) is 2. The van der Waals surface area contributed by atoms with Gasteiger partial charge in [-0.15, -0.1) is 5.10 Å². The molecule has 1 N–H and O–H groups in total. The number of non-ortho nitro benzene ring substituents is 1. The fraction of sp³-hybridized carbons (Fsp3) is 0.349. The first kappa shape index (κ1) is 38.2. The topological polar surface area (TPSA) is 153 Å². The van der Waals surface area contributed by atoms with Crippen LogP contribution in [0.5, 0.6) is 5.75 Å². The summed E-state index contributed by atoms with van der Waals surface area (Å²) in [7, 11) is -0.865. The molecule has 14 heteroatoms. The van der Waals surface area contributed by atoms with Gasteiger partial charge in [-0.1, -0.05) is 85.0 Å². The van der Waals surface area contributed by atoms with Gasteiger partial charge in [0.2, 0.25) is 5.91 Å². The Balaban J connectivity index is 1.16. The van der Waals surface area contributed by atoms with E-state index in [0.717, 1.165) is 22.6 Å². The van der Waals surface area contributed by atoms with Gasteiger partial charge in [0.1, 0.15) is 5.75 Å². The van der Waals surface area contributed by atoms with Crippen LogP contribution in [0.1, 0.15) is 48.1 Å². The van der Waals surface area contributed by atoms with Gasteiger partial charge in [-0.05, 0) is 53.4 Å². The minimum atomic E-state index is -2.50. The number of methoxy groups -OCH3 is 1. The zero-order chi connectivity index (χ0) is 40.1. The maximum Gasteiger partial charge on any atom is 0.269 e. The summed E-state index contributed by atoms with van der Waals surface area (Å²) in [6, 6.07) is 30.1. The molecular weight excluding hydrogens is 741 g/mol. The Morgan fingerprint density at radius 1 is 1.04 bits per heavy atom. The van der Waals surface area contributed by atoms with Crippen LogP contribution in [-0.2, 0) is 33.0 Å². The number of carbonyl (C=O) groups excluding carboxylic acids is 2. The highest BCUT2D eigenvalue weighted by Gasteiger charge is 2.66. The quantitative estimate of drug-likeness (QED) is 0.0665. The summed E-state index contributed by atoms with van der Waals surface area (Å²) in [5, 5.41) is 32.6. The van der Waals surface area contributed by atoms with Crippen molar-refractivity contribution in [3.63, 3.8) is 0 Å². The normalized spacial score (nSPS) is 22.2. The predicted octanol–water partition coefficient (Wildman–Crippen LogP) is 5.91. The summed E-state index contributed by atoms with van der Waals surface area (Å²) in [5.41, 5.74) is 2.64. The fourth-order valence-corrected chi connectivity index (χ4v) is 13.4. The molecule has 13 nitrogen and oxygen atoms in total. The Morgan fingerprint density at radius 3 is 2.40 bits per heavy atom. The number of anilines is 2. The Bertz CT molecular complexity index is 2300. The third-order valence-electron chi connectivity index (χ3n) is 12.4. The minimum Gasteiger partial charge on any atom is -0.497 e. The number of hydrogen-bond donors (Lipinski definition) is 1. The van der Waals surface area contributed by atoms with Crippen LogP contribution in [0.25, 0.3) is 0 Å². The average molecular weight is 787 g/mol. The minimum absolute atomic E-state index is 0.0818. The smallest absolute Gasteiger partial charge is 0.269 e. The van der Waals surface area contributed by atoms with E-state index in [2.05, 4.69) is 42.5 Å². The van der Waals surface area contributed by atoms with E-state index >= 15 is 4.79 Å². The zero-order valence-electron chi connectivity index (χ0n) is 32.4. The third-order valence-corrected chi connectivity index (χ3v) is 16.8. The number of amides is 2. The van der Waals surface area contributed by atoms with Crippen molar-refractivity contribution in [2.45, 2.75) is 69.1 Å². The molecule has 0 saturated carbocycles. The van der Waals surface area contributed by atoms with E-state index in [1.54, 1.807) is 27.7 Å². The number of hydrogen-bond acceptors (Lipinski definition) is 9. The van der Waals surface area contributed by atoms with Crippen LogP contribution in [0.3, 0.4) is 0 Å². The Hall–Kier alpha value is -5.70. The van der Waals surface area contributed by atoms with Crippen LogP contribution in [0.2, 0.25) is 18.6 Å². The van der Waals surface area contributed by atoms with Crippen molar-refractivity contribution in [2.75, 3.05) is 30.1 Å². The Morgan fingerprint density at radius 2 is 1.77 bits per heavy atom. The predicted molar refractivity (Wildman–Crippen MR) is 217 cm³/mol. The molecule has 5 atom stereocenters. The molecule has 2 amide bonds. The Labute approximate surface area is 332 Å². The van der Waals surface area contributed by atoms with E-state index in [1.807, 2.05) is 72.9 Å². The number of nitro groups is 1. The van der Waals surface area contributed by atoms with Crippen molar-refractivity contribution in [1.29, 1.82) is 0 Å². The van der Waals surface area contributed by atoms with Gasteiger partial charge in [0.25, 0.3) is 11.6 Å². The van der Waals surface area contributed by atoms with Gasteiger partial charge in [-0.3, -0.25) is 24.4 Å². The molecule has 0 aliphatic carbocycles. The van der Waals surface area contributed by atoms with Crippen LogP contribution < -0.4 is 19.7 Å². The summed E-state index contributed by atoms with van der Waals surface area (Å²) in [4.78, 5) is 42.5. The first-order valence-corrected chi connectivity index (χ1v) is 22.4.